The average molecular weight is 286 g/mol. The van der Waals surface area contributed by atoms with Crippen molar-refractivity contribution in [3.63, 3.8) is 0 Å². The van der Waals surface area contributed by atoms with Crippen LogP contribution in [0.15, 0.2) is 6.20 Å². The van der Waals surface area contributed by atoms with Gasteiger partial charge >= 0.3 is 0 Å². The third kappa shape index (κ3) is 5.40. The maximum Gasteiger partial charge on any atom is 0.245 e. The summed E-state index contributed by atoms with van der Waals surface area (Å²) in [6.07, 6.45) is 3.59. The van der Waals surface area contributed by atoms with Gasteiger partial charge < -0.3 is 20.1 Å². The summed E-state index contributed by atoms with van der Waals surface area (Å²) in [5, 5.41) is 13.1. The number of likely N-dealkylation sites (tertiary alicyclic amines) is 1. The molecular formula is C12H22N4O2S. The molecule has 1 aromatic rings. The topological polar surface area (TPSA) is 70.5 Å². The number of rotatable bonds is 7. The molecular weight excluding hydrogens is 264 g/mol. The van der Waals surface area contributed by atoms with Crippen molar-refractivity contribution in [1.82, 2.24) is 19.0 Å². The van der Waals surface area contributed by atoms with Crippen molar-refractivity contribution in [2.45, 2.75) is 18.9 Å². The molecule has 0 radical (unpaired) electrons. The fourth-order valence-electron chi connectivity index (χ4n) is 2.35. The van der Waals surface area contributed by atoms with Crippen molar-refractivity contribution in [1.29, 1.82) is 0 Å². The summed E-state index contributed by atoms with van der Waals surface area (Å²) in [4.78, 5) is 2.37. The Hall–Kier alpha value is -0.760. The van der Waals surface area contributed by atoms with E-state index < -0.39 is 6.10 Å². The molecule has 2 rings (SSSR count). The lowest BCUT2D eigenvalue weighted by molar-refractivity contribution is 0.101. The van der Waals surface area contributed by atoms with E-state index in [1.807, 2.05) is 0 Å². The van der Waals surface area contributed by atoms with E-state index in [2.05, 4.69) is 26.0 Å². The first kappa shape index (κ1) is 14.6. The van der Waals surface area contributed by atoms with E-state index in [-0.39, 0.29) is 6.61 Å². The summed E-state index contributed by atoms with van der Waals surface area (Å²) in [5.74, 6) is 1.17. The molecule has 0 amide bonds. The van der Waals surface area contributed by atoms with Gasteiger partial charge in [0.05, 0.1) is 11.7 Å². The van der Waals surface area contributed by atoms with Gasteiger partial charge in [-0.05, 0) is 38.9 Å². The Labute approximate surface area is 118 Å². The van der Waals surface area contributed by atoms with Crippen molar-refractivity contribution in [3.8, 4) is 5.88 Å². The Bertz CT molecular complexity index is 350. The third-order valence-electron chi connectivity index (χ3n) is 3.30. The summed E-state index contributed by atoms with van der Waals surface area (Å²) in [6.45, 7) is 4.11. The monoisotopic (exact) mass is 286 g/mol. The highest BCUT2D eigenvalue weighted by molar-refractivity contribution is 6.99. The summed E-state index contributed by atoms with van der Waals surface area (Å²) < 4.78 is 13.1. The molecule has 2 heterocycles. The smallest absolute Gasteiger partial charge is 0.245 e. The van der Waals surface area contributed by atoms with Crippen LogP contribution in [0.4, 0.5) is 0 Å². The lowest BCUT2D eigenvalue weighted by Gasteiger charge is -2.30. The molecule has 108 valence electrons. The van der Waals surface area contributed by atoms with Crippen LogP contribution >= 0.6 is 11.7 Å². The highest BCUT2D eigenvalue weighted by Crippen LogP contribution is 2.13. The van der Waals surface area contributed by atoms with Gasteiger partial charge in [0.2, 0.25) is 5.88 Å². The lowest BCUT2D eigenvalue weighted by Crippen LogP contribution is -2.40. The molecule has 0 saturated carbocycles. The molecule has 1 saturated heterocycles. The Balaban J connectivity index is 1.54. The molecule has 2 atom stereocenters. The van der Waals surface area contributed by atoms with Crippen molar-refractivity contribution in [2.75, 3.05) is 39.8 Å². The van der Waals surface area contributed by atoms with Gasteiger partial charge in [-0.1, -0.05) is 0 Å². The zero-order valence-corrected chi connectivity index (χ0v) is 12.1. The molecule has 2 unspecified atom stereocenters. The second-order valence-corrected chi connectivity index (χ2v) is 5.70. The van der Waals surface area contributed by atoms with E-state index in [1.165, 1.54) is 19.4 Å². The third-order valence-corrected chi connectivity index (χ3v) is 3.76. The number of ether oxygens (including phenoxy) is 1. The van der Waals surface area contributed by atoms with E-state index in [9.17, 15) is 5.11 Å². The van der Waals surface area contributed by atoms with Crippen molar-refractivity contribution < 1.29 is 9.84 Å². The minimum atomic E-state index is -0.511. The number of piperidine rings is 1. The van der Waals surface area contributed by atoms with Crippen LogP contribution in [-0.4, -0.2) is 64.7 Å². The molecule has 1 fully saturated rings. The minimum absolute atomic E-state index is 0.253. The molecule has 0 bridgehead atoms. The van der Waals surface area contributed by atoms with Crippen LogP contribution in [0, 0.1) is 5.92 Å². The first-order valence-corrected chi connectivity index (χ1v) is 7.44. The Morgan fingerprint density at radius 3 is 3.32 bits per heavy atom. The van der Waals surface area contributed by atoms with Gasteiger partial charge in [-0.25, -0.2) is 0 Å². The van der Waals surface area contributed by atoms with E-state index in [4.69, 9.17) is 4.74 Å². The van der Waals surface area contributed by atoms with E-state index >= 15 is 0 Å². The number of aliphatic hydroxyl groups excluding tert-OH is 1. The zero-order chi connectivity index (χ0) is 13.5. The molecule has 1 aliphatic rings. The van der Waals surface area contributed by atoms with E-state index in [1.54, 1.807) is 6.20 Å². The number of aliphatic hydroxyl groups is 1. The van der Waals surface area contributed by atoms with Crippen molar-refractivity contribution in [2.24, 2.45) is 5.92 Å². The molecule has 1 aliphatic heterocycles. The SMILES string of the molecule is CN1CCCC(CNCC(O)COc2cnsn2)C1. The molecule has 19 heavy (non-hydrogen) atoms. The van der Waals surface area contributed by atoms with Crippen molar-refractivity contribution >= 4 is 11.7 Å². The van der Waals surface area contributed by atoms with Gasteiger partial charge in [0.15, 0.2) is 0 Å². The molecule has 0 aromatic carbocycles. The van der Waals surface area contributed by atoms with E-state index in [0.717, 1.165) is 24.8 Å². The summed E-state index contributed by atoms with van der Waals surface area (Å²) >= 11 is 1.10. The van der Waals surface area contributed by atoms with Gasteiger partial charge in [0, 0.05) is 13.1 Å². The molecule has 7 heteroatoms. The van der Waals surface area contributed by atoms with Gasteiger partial charge in [-0.3, -0.25) is 0 Å². The normalized spacial score (nSPS) is 22.3. The minimum Gasteiger partial charge on any atom is -0.473 e. The maximum atomic E-state index is 9.79. The summed E-state index contributed by atoms with van der Waals surface area (Å²) in [6, 6.07) is 0. The number of nitrogens with zero attached hydrogens (tertiary/aromatic N) is 3. The number of nitrogens with one attached hydrogen (secondary N) is 1. The largest absolute Gasteiger partial charge is 0.473 e. The summed E-state index contributed by atoms with van der Waals surface area (Å²) in [7, 11) is 2.16. The van der Waals surface area contributed by atoms with E-state index in [0.29, 0.717) is 18.3 Å². The van der Waals surface area contributed by atoms with Gasteiger partial charge in [-0.15, -0.1) is 4.37 Å². The fourth-order valence-corrected chi connectivity index (χ4v) is 2.72. The van der Waals surface area contributed by atoms with Crippen LogP contribution in [-0.2, 0) is 0 Å². The Kier molecular flexibility index (Phi) is 5.96. The number of hydrogen-bond donors (Lipinski definition) is 2. The molecule has 2 N–H and O–H groups in total. The van der Waals surface area contributed by atoms with Gasteiger partial charge in [-0.2, -0.15) is 4.37 Å². The van der Waals surface area contributed by atoms with Gasteiger partial charge in [0.25, 0.3) is 0 Å². The lowest BCUT2D eigenvalue weighted by atomic mass is 9.98. The van der Waals surface area contributed by atoms with Crippen LogP contribution in [0.5, 0.6) is 5.88 Å². The molecule has 1 aromatic heterocycles. The fraction of sp³-hybridized carbons (Fsp3) is 0.833. The first-order chi connectivity index (χ1) is 9.24. The van der Waals surface area contributed by atoms with Crippen LogP contribution in [0.3, 0.4) is 0 Å². The predicted octanol–water partition coefficient (Wildman–Crippen LogP) is 0.209. The second kappa shape index (κ2) is 7.74. The number of aromatic nitrogens is 2. The molecule has 0 aliphatic carbocycles. The van der Waals surface area contributed by atoms with Crippen molar-refractivity contribution in [3.05, 3.63) is 6.20 Å². The Morgan fingerprint density at radius 2 is 2.58 bits per heavy atom. The highest BCUT2D eigenvalue weighted by atomic mass is 32.1. The number of hydrogen-bond acceptors (Lipinski definition) is 7. The Morgan fingerprint density at radius 1 is 1.68 bits per heavy atom. The quantitative estimate of drug-likeness (QED) is 0.747. The zero-order valence-electron chi connectivity index (χ0n) is 11.3. The standard InChI is InChI=1S/C12H22N4O2S/c1-16-4-2-3-10(8-16)5-13-6-11(17)9-18-12-7-14-19-15-12/h7,10-11,13,17H,2-6,8-9H2,1H3. The van der Waals surface area contributed by atoms with Crippen LogP contribution < -0.4 is 10.1 Å². The van der Waals surface area contributed by atoms with Crippen LogP contribution in [0.1, 0.15) is 12.8 Å². The first-order valence-electron chi connectivity index (χ1n) is 6.71. The predicted molar refractivity (Wildman–Crippen MR) is 74.5 cm³/mol. The highest BCUT2D eigenvalue weighted by Gasteiger charge is 2.17. The van der Waals surface area contributed by atoms with Crippen LogP contribution in [0.25, 0.3) is 0 Å². The molecule has 6 nitrogen and oxygen atoms in total. The summed E-state index contributed by atoms with van der Waals surface area (Å²) in [5.41, 5.74) is 0. The molecule has 0 spiro atoms. The van der Waals surface area contributed by atoms with Crippen LogP contribution in [0.2, 0.25) is 0 Å². The van der Waals surface area contributed by atoms with Gasteiger partial charge in [0.1, 0.15) is 18.9 Å². The second-order valence-electron chi connectivity index (χ2n) is 5.14. The average Bonchev–Trinajstić information content (AvgIpc) is 2.89. The maximum absolute atomic E-state index is 9.79.